The van der Waals surface area contributed by atoms with E-state index in [-0.39, 0.29) is 24.3 Å². The summed E-state index contributed by atoms with van der Waals surface area (Å²) in [5.41, 5.74) is 7.38. The Bertz CT molecular complexity index is 484. The van der Waals surface area contributed by atoms with E-state index < -0.39 is 5.97 Å². The number of aliphatic carboxylic acids is 1. The minimum Gasteiger partial charge on any atom is -0.481 e. The summed E-state index contributed by atoms with van der Waals surface area (Å²) in [5.74, 6) is -1.03. The Balaban J connectivity index is 1.95. The van der Waals surface area contributed by atoms with Gasteiger partial charge in [-0.1, -0.05) is 25.0 Å². The average molecular weight is 276 g/mol. The monoisotopic (exact) mass is 276 g/mol. The number of carbonyl (C=O) groups excluding carboxylic acids is 1. The third kappa shape index (κ3) is 3.81. The lowest BCUT2D eigenvalue weighted by molar-refractivity contribution is -0.136. The molecule has 1 amide bonds. The van der Waals surface area contributed by atoms with Gasteiger partial charge in [-0.25, -0.2) is 0 Å². The number of carbonyl (C=O) groups is 2. The molecule has 0 aliphatic heterocycles. The smallest absolute Gasteiger partial charge is 0.307 e. The van der Waals surface area contributed by atoms with E-state index in [4.69, 9.17) is 10.8 Å². The molecule has 108 valence electrons. The number of hydrogen-bond donors (Lipinski definition) is 3. The zero-order valence-corrected chi connectivity index (χ0v) is 11.3. The molecule has 0 heterocycles. The van der Waals surface area contributed by atoms with Crippen LogP contribution in [0.2, 0.25) is 0 Å². The van der Waals surface area contributed by atoms with E-state index in [1.807, 2.05) is 0 Å². The zero-order valence-electron chi connectivity index (χ0n) is 11.3. The fourth-order valence-electron chi connectivity index (χ4n) is 2.60. The van der Waals surface area contributed by atoms with Crippen LogP contribution in [-0.4, -0.2) is 23.0 Å². The maximum atomic E-state index is 12.2. The first-order chi connectivity index (χ1) is 9.56. The van der Waals surface area contributed by atoms with Crippen molar-refractivity contribution in [3.63, 3.8) is 0 Å². The van der Waals surface area contributed by atoms with Crippen LogP contribution in [0, 0.1) is 5.92 Å². The van der Waals surface area contributed by atoms with Crippen LogP contribution in [0.25, 0.3) is 0 Å². The van der Waals surface area contributed by atoms with Gasteiger partial charge in [0.1, 0.15) is 0 Å². The Morgan fingerprint density at radius 1 is 1.20 bits per heavy atom. The van der Waals surface area contributed by atoms with E-state index in [0.717, 1.165) is 25.7 Å². The Hall–Kier alpha value is -1.88. The Labute approximate surface area is 118 Å². The van der Waals surface area contributed by atoms with Gasteiger partial charge in [-0.3, -0.25) is 9.59 Å². The van der Waals surface area contributed by atoms with E-state index in [9.17, 15) is 9.59 Å². The summed E-state index contributed by atoms with van der Waals surface area (Å²) < 4.78 is 0. The van der Waals surface area contributed by atoms with Gasteiger partial charge in [0.2, 0.25) is 5.91 Å². The number of carboxylic acid groups (broad SMARTS) is 1. The molecule has 1 aromatic rings. The van der Waals surface area contributed by atoms with Crippen molar-refractivity contribution in [3.05, 3.63) is 29.8 Å². The fourth-order valence-corrected chi connectivity index (χ4v) is 2.60. The predicted octanol–water partition coefficient (Wildman–Crippen LogP) is 1.77. The molecule has 0 saturated heterocycles. The van der Waals surface area contributed by atoms with Crippen LogP contribution < -0.4 is 11.1 Å². The molecule has 0 aromatic heterocycles. The summed E-state index contributed by atoms with van der Waals surface area (Å²) in [7, 11) is 0. The van der Waals surface area contributed by atoms with Crippen LogP contribution in [0.3, 0.4) is 0 Å². The highest BCUT2D eigenvalue weighted by Crippen LogP contribution is 2.24. The second kappa shape index (κ2) is 6.52. The van der Waals surface area contributed by atoms with Crippen molar-refractivity contribution in [3.8, 4) is 0 Å². The number of carboxylic acids is 1. The summed E-state index contributed by atoms with van der Waals surface area (Å²) in [5, 5.41) is 11.6. The van der Waals surface area contributed by atoms with Crippen molar-refractivity contribution >= 4 is 17.6 Å². The SMILES string of the molecule is NC1CCCCC1C(=O)Nc1ccc(CC(=O)O)cc1. The molecule has 1 saturated carbocycles. The molecule has 20 heavy (non-hydrogen) atoms. The molecular formula is C15H20N2O3. The Morgan fingerprint density at radius 3 is 2.45 bits per heavy atom. The molecule has 0 spiro atoms. The molecule has 2 unspecified atom stereocenters. The minimum atomic E-state index is -0.866. The van der Waals surface area contributed by atoms with Crippen molar-refractivity contribution in [1.82, 2.24) is 0 Å². The molecule has 4 N–H and O–H groups in total. The van der Waals surface area contributed by atoms with Crippen molar-refractivity contribution in [2.24, 2.45) is 11.7 Å². The van der Waals surface area contributed by atoms with Gasteiger partial charge in [0.15, 0.2) is 0 Å². The van der Waals surface area contributed by atoms with Gasteiger partial charge in [-0.05, 0) is 30.5 Å². The highest BCUT2D eigenvalue weighted by molar-refractivity contribution is 5.93. The van der Waals surface area contributed by atoms with Crippen LogP contribution in [0.5, 0.6) is 0 Å². The van der Waals surface area contributed by atoms with Crippen molar-refractivity contribution in [2.75, 3.05) is 5.32 Å². The molecule has 2 rings (SSSR count). The van der Waals surface area contributed by atoms with Crippen LogP contribution in [0.1, 0.15) is 31.2 Å². The van der Waals surface area contributed by atoms with Gasteiger partial charge in [0, 0.05) is 11.7 Å². The van der Waals surface area contributed by atoms with E-state index in [1.54, 1.807) is 24.3 Å². The number of nitrogens with one attached hydrogen (secondary N) is 1. The number of amides is 1. The third-order valence-electron chi connectivity index (χ3n) is 3.73. The normalized spacial score (nSPS) is 22.2. The first-order valence-electron chi connectivity index (χ1n) is 6.93. The molecule has 1 fully saturated rings. The Morgan fingerprint density at radius 2 is 1.85 bits per heavy atom. The van der Waals surface area contributed by atoms with Gasteiger partial charge in [0.05, 0.1) is 12.3 Å². The summed E-state index contributed by atoms with van der Waals surface area (Å²) >= 11 is 0. The molecular weight excluding hydrogens is 256 g/mol. The molecule has 1 aromatic carbocycles. The maximum Gasteiger partial charge on any atom is 0.307 e. The molecule has 0 bridgehead atoms. The molecule has 2 atom stereocenters. The van der Waals surface area contributed by atoms with E-state index >= 15 is 0 Å². The average Bonchev–Trinajstić information content (AvgIpc) is 2.41. The van der Waals surface area contributed by atoms with Gasteiger partial charge in [0.25, 0.3) is 0 Å². The number of nitrogens with two attached hydrogens (primary N) is 1. The summed E-state index contributed by atoms with van der Waals surface area (Å²) in [6.45, 7) is 0. The van der Waals surface area contributed by atoms with Gasteiger partial charge < -0.3 is 16.2 Å². The minimum absolute atomic E-state index is 0.0122. The fraction of sp³-hybridized carbons (Fsp3) is 0.467. The lowest BCUT2D eigenvalue weighted by atomic mass is 9.84. The highest BCUT2D eigenvalue weighted by Gasteiger charge is 2.28. The molecule has 1 aliphatic carbocycles. The highest BCUT2D eigenvalue weighted by atomic mass is 16.4. The number of rotatable bonds is 4. The largest absolute Gasteiger partial charge is 0.481 e. The van der Waals surface area contributed by atoms with Crippen molar-refractivity contribution in [1.29, 1.82) is 0 Å². The van der Waals surface area contributed by atoms with Crippen LogP contribution >= 0.6 is 0 Å². The quantitative estimate of drug-likeness (QED) is 0.781. The van der Waals surface area contributed by atoms with Gasteiger partial charge >= 0.3 is 5.97 Å². The van der Waals surface area contributed by atoms with Crippen molar-refractivity contribution in [2.45, 2.75) is 38.1 Å². The van der Waals surface area contributed by atoms with Crippen LogP contribution in [-0.2, 0) is 16.0 Å². The maximum absolute atomic E-state index is 12.2. The summed E-state index contributed by atoms with van der Waals surface area (Å²) in [6.07, 6.45) is 3.86. The van der Waals surface area contributed by atoms with E-state index in [0.29, 0.717) is 11.3 Å². The zero-order chi connectivity index (χ0) is 14.5. The molecule has 0 radical (unpaired) electrons. The molecule has 5 heteroatoms. The van der Waals surface area contributed by atoms with E-state index in [1.165, 1.54) is 0 Å². The topological polar surface area (TPSA) is 92.4 Å². The number of anilines is 1. The van der Waals surface area contributed by atoms with Crippen LogP contribution in [0.4, 0.5) is 5.69 Å². The number of hydrogen-bond acceptors (Lipinski definition) is 3. The lowest BCUT2D eigenvalue weighted by Crippen LogP contribution is -2.40. The van der Waals surface area contributed by atoms with E-state index in [2.05, 4.69) is 5.32 Å². The summed E-state index contributed by atoms with van der Waals surface area (Å²) in [4.78, 5) is 22.7. The third-order valence-corrected chi connectivity index (χ3v) is 3.73. The standard InChI is InChI=1S/C15H20N2O3/c16-13-4-2-1-3-12(13)15(20)17-11-7-5-10(6-8-11)9-14(18)19/h5-8,12-13H,1-4,9,16H2,(H,17,20)(H,18,19). The van der Waals surface area contributed by atoms with Crippen LogP contribution in [0.15, 0.2) is 24.3 Å². The number of benzene rings is 1. The van der Waals surface area contributed by atoms with Gasteiger partial charge in [-0.15, -0.1) is 0 Å². The lowest BCUT2D eigenvalue weighted by Gasteiger charge is -2.27. The second-order valence-electron chi connectivity index (χ2n) is 5.31. The predicted molar refractivity (Wildman–Crippen MR) is 76.3 cm³/mol. The second-order valence-corrected chi connectivity index (χ2v) is 5.31. The molecule has 1 aliphatic rings. The first kappa shape index (κ1) is 14.5. The van der Waals surface area contributed by atoms with Crippen molar-refractivity contribution < 1.29 is 14.7 Å². The summed E-state index contributed by atoms with van der Waals surface area (Å²) in [6, 6.07) is 6.82. The van der Waals surface area contributed by atoms with Gasteiger partial charge in [-0.2, -0.15) is 0 Å². The first-order valence-corrected chi connectivity index (χ1v) is 6.93. The Kier molecular flexibility index (Phi) is 4.74. The molecule has 5 nitrogen and oxygen atoms in total.